The Kier molecular flexibility index (Phi) is 4.55. The van der Waals surface area contributed by atoms with Gasteiger partial charge in [0.15, 0.2) is 11.5 Å². The van der Waals surface area contributed by atoms with E-state index in [2.05, 4.69) is 5.43 Å². The molecule has 2 aromatic carbocycles. The van der Waals surface area contributed by atoms with E-state index in [4.69, 9.17) is 32.7 Å². The molecule has 2 aromatic rings. The molecule has 0 bridgehead atoms. The van der Waals surface area contributed by atoms with Crippen LogP contribution in [-0.2, 0) is 10.0 Å². The van der Waals surface area contributed by atoms with Gasteiger partial charge >= 0.3 is 0 Å². The van der Waals surface area contributed by atoms with Gasteiger partial charge in [0.25, 0.3) is 15.9 Å². The lowest BCUT2D eigenvalue weighted by Crippen LogP contribution is -2.41. The molecular weight excluding hydrogens is 379 g/mol. The molecule has 1 heterocycles. The summed E-state index contributed by atoms with van der Waals surface area (Å²) in [7, 11) is -4.08. The summed E-state index contributed by atoms with van der Waals surface area (Å²) >= 11 is 11.6. The van der Waals surface area contributed by atoms with Crippen LogP contribution in [0.4, 0.5) is 0 Å². The molecule has 0 radical (unpaired) electrons. The number of ether oxygens (including phenoxy) is 2. The van der Waals surface area contributed by atoms with Crippen LogP contribution in [0.3, 0.4) is 0 Å². The minimum atomic E-state index is -4.08. The number of hydrogen-bond acceptors (Lipinski definition) is 5. The number of benzene rings is 2. The molecule has 0 atom stereocenters. The monoisotopic (exact) mass is 388 g/mol. The second-order valence-corrected chi connectivity index (χ2v) is 7.20. The summed E-state index contributed by atoms with van der Waals surface area (Å²) in [4.78, 5) is 13.8. The number of amides is 1. The van der Waals surface area contributed by atoms with Crippen molar-refractivity contribution in [2.45, 2.75) is 4.90 Å². The fourth-order valence-electron chi connectivity index (χ4n) is 1.96. The van der Waals surface area contributed by atoms with Gasteiger partial charge in [-0.3, -0.25) is 10.2 Å². The van der Waals surface area contributed by atoms with Gasteiger partial charge < -0.3 is 9.47 Å². The van der Waals surface area contributed by atoms with Gasteiger partial charge in [-0.1, -0.05) is 23.2 Å². The minimum Gasteiger partial charge on any atom is -0.454 e. The first kappa shape index (κ1) is 16.8. The average molecular weight is 389 g/mol. The van der Waals surface area contributed by atoms with Crippen LogP contribution in [-0.4, -0.2) is 21.1 Å². The molecule has 3 rings (SSSR count). The molecule has 0 aromatic heterocycles. The number of hydrazine groups is 1. The quantitative estimate of drug-likeness (QED) is 0.783. The Morgan fingerprint density at radius 2 is 1.79 bits per heavy atom. The van der Waals surface area contributed by atoms with Crippen molar-refractivity contribution in [3.05, 3.63) is 52.0 Å². The lowest BCUT2D eigenvalue weighted by Gasteiger charge is -2.10. The van der Waals surface area contributed by atoms with Crippen molar-refractivity contribution >= 4 is 39.1 Å². The van der Waals surface area contributed by atoms with Gasteiger partial charge in [-0.2, -0.15) is 0 Å². The fraction of sp³-hybridized carbons (Fsp3) is 0.0714. The van der Waals surface area contributed by atoms with E-state index < -0.39 is 15.9 Å². The Morgan fingerprint density at radius 1 is 1.04 bits per heavy atom. The highest BCUT2D eigenvalue weighted by atomic mass is 35.5. The molecule has 10 heteroatoms. The smallest absolute Gasteiger partial charge is 0.266 e. The van der Waals surface area contributed by atoms with Crippen LogP contribution in [0.1, 0.15) is 10.4 Å². The van der Waals surface area contributed by atoms with E-state index >= 15 is 0 Å². The Hall–Kier alpha value is -2.00. The van der Waals surface area contributed by atoms with Crippen LogP contribution in [0.15, 0.2) is 41.3 Å². The zero-order valence-electron chi connectivity index (χ0n) is 11.9. The molecule has 0 spiro atoms. The number of hydrogen-bond donors (Lipinski definition) is 2. The van der Waals surface area contributed by atoms with E-state index in [0.29, 0.717) is 11.5 Å². The highest BCUT2D eigenvalue weighted by Gasteiger charge is 2.21. The molecule has 0 unspecified atom stereocenters. The Morgan fingerprint density at radius 3 is 2.58 bits per heavy atom. The zero-order valence-corrected chi connectivity index (χ0v) is 14.2. The second-order valence-electron chi connectivity index (χ2n) is 4.70. The first-order chi connectivity index (χ1) is 11.4. The maximum atomic E-state index is 12.2. The summed E-state index contributed by atoms with van der Waals surface area (Å²) in [6, 6.07) is 8.45. The third kappa shape index (κ3) is 3.41. The van der Waals surface area contributed by atoms with E-state index in [9.17, 15) is 13.2 Å². The van der Waals surface area contributed by atoms with E-state index in [1.165, 1.54) is 30.3 Å². The van der Waals surface area contributed by atoms with E-state index in [1.54, 1.807) is 6.07 Å². The third-order valence-electron chi connectivity index (χ3n) is 3.12. The SMILES string of the molecule is O=C(NNS(=O)(=O)c1cc(Cl)ccc1Cl)c1ccc2c(c1)OCO2. The lowest BCUT2D eigenvalue weighted by atomic mass is 10.2. The summed E-state index contributed by atoms with van der Waals surface area (Å²) in [5.74, 6) is 0.247. The summed E-state index contributed by atoms with van der Waals surface area (Å²) in [5.41, 5.74) is 2.29. The molecule has 2 N–H and O–H groups in total. The molecular formula is C14H10Cl2N2O5S. The number of sulfonamides is 1. The topological polar surface area (TPSA) is 93.7 Å². The Labute approximate surface area is 147 Å². The molecule has 7 nitrogen and oxygen atoms in total. The molecule has 0 aliphatic carbocycles. The summed E-state index contributed by atoms with van der Waals surface area (Å²) < 4.78 is 34.7. The third-order valence-corrected chi connectivity index (χ3v) is 5.08. The van der Waals surface area contributed by atoms with Gasteiger partial charge in [0.1, 0.15) is 4.90 Å². The molecule has 0 fully saturated rings. The van der Waals surface area contributed by atoms with E-state index in [1.807, 2.05) is 4.83 Å². The van der Waals surface area contributed by atoms with Crippen molar-refractivity contribution in [2.24, 2.45) is 0 Å². The zero-order chi connectivity index (χ0) is 17.3. The Balaban J connectivity index is 1.75. The first-order valence-electron chi connectivity index (χ1n) is 6.54. The summed E-state index contributed by atoms with van der Waals surface area (Å²) in [5, 5.41) is 0.172. The molecule has 1 amide bonds. The van der Waals surface area contributed by atoms with E-state index in [-0.39, 0.29) is 27.3 Å². The summed E-state index contributed by atoms with van der Waals surface area (Å²) in [6.45, 7) is 0.0697. The second kappa shape index (κ2) is 6.48. The first-order valence-corrected chi connectivity index (χ1v) is 8.77. The standard InChI is InChI=1S/C14H10Cl2N2O5S/c15-9-2-3-10(16)13(6-9)24(20,21)18-17-14(19)8-1-4-11-12(5-8)23-7-22-11/h1-6,18H,7H2,(H,17,19). The number of carbonyl (C=O) groups excluding carboxylic acids is 1. The van der Waals surface area contributed by atoms with Crippen LogP contribution < -0.4 is 19.7 Å². The predicted molar refractivity (Wildman–Crippen MR) is 86.8 cm³/mol. The lowest BCUT2D eigenvalue weighted by molar-refractivity contribution is 0.0944. The number of halogens is 2. The highest BCUT2D eigenvalue weighted by Crippen LogP contribution is 2.32. The van der Waals surface area contributed by atoms with Crippen LogP contribution >= 0.6 is 23.2 Å². The van der Waals surface area contributed by atoms with Crippen LogP contribution in [0.25, 0.3) is 0 Å². The largest absolute Gasteiger partial charge is 0.454 e. The van der Waals surface area contributed by atoms with Crippen molar-refractivity contribution in [3.8, 4) is 11.5 Å². The summed E-state index contributed by atoms with van der Waals surface area (Å²) in [6.07, 6.45) is 0. The number of carbonyl (C=O) groups is 1. The van der Waals surface area contributed by atoms with Crippen molar-refractivity contribution in [1.29, 1.82) is 0 Å². The number of fused-ring (bicyclic) bond motifs is 1. The van der Waals surface area contributed by atoms with E-state index in [0.717, 1.165) is 0 Å². The Bertz CT molecular complexity index is 917. The molecule has 1 aliphatic heterocycles. The van der Waals surface area contributed by atoms with Gasteiger partial charge in [-0.15, -0.1) is 4.83 Å². The van der Waals surface area contributed by atoms with Gasteiger partial charge in [0, 0.05) is 10.6 Å². The minimum absolute atomic E-state index is 0.0239. The molecule has 126 valence electrons. The average Bonchev–Trinajstić information content (AvgIpc) is 3.02. The van der Waals surface area contributed by atoms with Crippen molar-refractivity contribution in [2.75, 3.05) is 6.79 Å². The van der Waals surface area contributed by atoms with Crippen molar-refractivity contribution in [1.82, 2.24) is 10.3 Å². The van der Waals surface area contributed by atoms with Crippen molar-refractivity contribution in [3.63, 3.8) is 0 Å². The van der Waals surface area contributed by atoms with Gasteiger partial charge in [-0.05, 0) is 36.4 Å². The molecule has 1 aliphatic rings. The van der Waals surface area contributed by atoms with Gasteiger partial charge in [0.2, 0.25) is 6.79 Å². The highest BCUT2D eigenvalue weighted by molar-refractivity contribution is 7.89. The number of nitrogens with one attached hydrogen (secondary N) is 2. The number of rotatable bonds is 4. The molecule has 0 saturated heterocycles. The fourth-order valence-corrected chi connectivity index (χ4v) is 3.56. The van der Waals surface area contributed by atoms with Crippen molar-refractivity contribution < 1.29 is 22.7 Å². The van der Waals surface area contributed by atoms with Crippen LogP contribution in [0.5, 0.6) is 11.5 Å². The maximum absolute atomic E-state index is 12.2. The van der Waals surface area contributed by atoms with Gasteiger partial charge in [-0.25, -0.2) is 8.42 Å². The predicted octanol–water partition coefficient (Wildman–Crippen LogP) is 2.35. The normalized spacial score (nSPS) is 12.9. The maximum Gasteiger partial charge on any atom is 0.266 e. The van der Waals surface area contributed by atoms with Gasteiger partial charge in [0.05, 0.1) is 5.02 Å². The van der Waals surface area contributed by atoms with Crippen LogP contribution in [0.2, 0.25) is 10.0 Å². The van der Waals surface area contributed by atoms with Crippen LogP contribution in [0, 0.1) is 0 Å². The molecule has 24 heavy (non-hydrogen) atoms. The molecule has 0 saturated carbocycles.